The van der Waals surface area contributed by atoms with E-state index in [1.54, 1.807) is 42.5 Å². The molecular weight excluding hydrogens is 396 g/mol. The fourth-order valence-electron chi connectivity index (χ4n) is 3.27. The molecule has 0 aromatic heterocycles. The number of likely N-dealkylation sites (N-methyl/N-ethyl adjacent to an activating group) is 1. The maximum atomic E-state index is 12.8. The van der Waals surface area contributed by atoms with E-state index in [2.05, 4.69) is 5.32 Å². The summed E-state index contributed by atoms with van der Waals surface area (Å²) in [6.07, 6.45) is 0.0438. The highest BCUT2D eigenvalue weighted by Crippen LogP contribution is 2.34. The Labute approximate surface area is 182 Å². The fraction of sp³-hybridized carbons (Fsp3) is 0.333. The van der Waals surface area contributed by atoms with E-state index < -0.39 is 5.91 Å². The number of hydrogen-bond acceptors (Lipinski definition) is 6. The van der Waals surface area contributed by atoms with Crippen molar-refractivity contribution in [1.82, 2.24) is 4.90 Å². The number of anilines is 1. The number of amides is 2. The van der Waals surface area contributed by atoms with Crippen LogP contribution in [0, 0.1) is 0 Å². The van der Waals surface area contributed by atoms with Crippen LogP contribution in [0.1, 0.15) is 33.3 Å². The van der Waals surface area contributed by atoms with Crippen LogP contribution in [0.3, 0.4) is 0 Å². The Hall–Kier alpha value is -3.48. The molecule has 1 aliphatic heterocycles. The summed E-state index contributed by atoms with van der Waals surface area (Å²) in [6, 6.07) is 12.5. The Kier molecular flexibility index (Phi) is 6.84. The van der Waals surface area contributed by atoms with E-state index in [0.29, 0.717) is 47.3 Å². The number of hydrogen-bond donors (Lipinski definition) is 1. The maximum Gasteiger partial charge on any atom is 0.277 e. The highest BCUT2D eigenvalue weighted by atomic mass is 16.5. The van der Waals surface area contributed by atoms with Crippen LogP contribution in [0.2, 0.25) is 0 Å². The summed E-state index contributed by atoms with van der Waals surface area (Å²) in [5.74, 6) is 1.13. The van der Waals surface area contributed by atoms with Crippen LogP contribution >= 0.6 is 0 Å². The van der Waals surface area contributed by atoms with Gasteiger partial charge < -0.3 is 19.5 Å². The van der Waals surface area contributed by atoms with Gasteiger partial charge in [-0.05, 0) is 57.5 Å². The molecule has 0 fully saturated rings. The number of benzene rings is 2. The average molecular weight is 424 g/mol. The number of ether oxygens (including phenoxy) is 3. The van der Waals surface area contributed by atoms with E-state index in [1.807, 2.05) is 27.7 Å². The molecule has 1 aliphatic rings. The molecule has 7 heteroatoms. The lowest BCUT2D eigenvalue weighted by Gasteiger charge is -2.14. The minimum absolute atomic E-state index is 0.0438. The Morgan fingerprint density at radius 3 is 2.16 bits per heavy atom. The zero-order valence-electron chi connectivity index (χ0n) is 18.5. The van der Waals surface area contributed by atoms with Crippen molar-refractivity contribution in [3.63, 3.8) is 0 Å². The van der Waals surface area contributed by atoms with Gasteiger partial charge in [-0.3, -0.25) is 14.5 Å². The SMILES string of the molecule is CCOc1ccc(NC2=C(c3ccc(OC(C)C)cc3)C(=O)N(C)C2=O)cc1OCC. The van der Waals surface area contributed by atoms with Crippen LogP contribution < -0.4 is 19.5 Å². The monoisotopic (exact) mass is 424 g/mol. The molecule has 0 saturated heterocycles. The normalized spacial score (nSPS) is 13.8. The number of nitrogens with zero attached hydrogens (tertiary/aromatic N) is 1. The van der Waals surface area contributed by atoms with Crippen molar-refractivity contribution >= 4 is 23.1 Å². The molecule has 164 valence electrons. The highest BCUT2D eigenvalue weighted by Gasteiger charge is 2.36. The predicted octanol–water partition coefficient (Wildman–Crippen LogP) is 4.09. The molecule has 7 nitrogen and oxygen atoms in total. The van der Waals surface area contributed by atoms with Crippen LogP contribution in [0.4, 0.5) is 5.69 Å². The summed E-state index contributed by atoms with van der Waals surface area (Å²) in [6.45, 7) is 8.66. The van der Waals surface area contributed by atoms with Gasteiger partial charge in [-0.15, -0.1) is 0 Å². The third kappa shape index (κ3) is 4.82. The second-order valence-electron chi connectivity index (χ2n) is 7.26. The van der Waals surface area contributed by atoms with Gasteiger partial charge in [0.05, 0.1) is 24.9 Å². The van der Waals surface area contributed by atoms with Crippen molar-refractivity contribution < 1.29 is 23.8 Å². The van der Waals surface area contributed by atoms with Crippen molar-refractivity contribution in [2.75, 3.05) is 25.6 Å². The number of rotatable bonds is 9. The van der Waals surface area contributed by atoms with Crippen LogP contribution in [0.25, 0.3) is 5.57 Å². The first-order valence-corrected chi connectivity index (χ1v) is 10.4. The predicted molar refractivity (Wildman–Crippen MR) is 119 cm³/mol. The van der Waals surface area contributed by atoms with Crippen LogP contribution in [-0.4, -0.2) is 43.1 Å². The summed E-state index contributed by atoms with van der Waals surface area (Å²) < 4.78 is 16.9. The van der Waals surface area contributed by atoms with Crippen molar-refractivity contribution in [3.8, 4) is 17.2 Å². The first-order valence-electron chi connectivity index (χ1n) is 10.4. The summed E-state index contributed by atoms with van der Waals surface area (Å²) in [5, 5.41) is 3.12. The van der Waals surface area contributed by atoms with Crippen molar-refractivity contribution in [3.05, 3.63) is 53.7 Å². The molecule has 1 N–H and O–H groups in total. The third-order valence-electron chi connectivity index (χ3n) is 4.61. The lowest BCUT2D eigenvalue weighted by Crippen LogP contribution is -2.27. The van der Waals surface area contributed by atoms with Gasteiger partial charge in [-0.25, -0.2) is 0 Å². The molecule has 1 heterocycles. The molecule has 3 rings (SSSR count). The highest BCUT2D eigenvalue weighted by molar-refractivity contribution is 6.36. The lowest BCUT2D eigenvalue weighted by molar-refractivity contribution is -0.135. The van der Waals surface area contributed by atoms with E-state index in [-0.39, 0.29) is 17.7 Å². The van der Waals surface area contributed by atoms with Gasteiger partial charge in [-0.2, -0.15) is 0 Å². The van der Waals surface area contributed by atoms with Gasteiger partial charge >= 0.3 is 0 Å². The summed E-state index contributed by atoms with van der Waals surface area (Å²) >= 11 is 0. The molecular formula is C24H28N2O5. The second kappa shape index (κ2) is 9.55. The zero-order valence-corrected chi connectivity index (χ0v) is 18.5. The molecule has 2 aromatic rings. The van der Waals surface area contributed by atoms with Gasteiger partial charge in [0.25, 0.3) is 11.8 Å². The van der Waals surface area contributed by atoms with Gasteiger partial charge in [0.1, 0.15) is 11.4 Å². The molecule has 0 radical (unpaired) electrons. The first-order chi connectivity index (χ1) is 14.8. The van der Waals surface area contributed by atoms with Crippen LogP contribution in [0.15, 0.2) is 48.2 Å². The lowest BCUT2D eigenvalue weighted by atomic mass is 10.0. The average Bonchev–Trinajstić information content (AvgIpc) is 2.94. The van der Waals surface area contributed by atoms with Crippen molar-refractivity contribution in [1.29, 1.82) is 0 Å². The summed E-state index contributed by atoms with van der Waals surface area (Å²) in [4.78, 5) is 26.7. The maximum absolute atomic E-state index is 12.8. The van der Waals surface area contributed by atoms with E-state index in [9.17, 15) is 9.59 Å². The molecule has 0 spiro atoms. The molecule has 2 aromatic carbocycles. The van der Waals surface area contributed by atoms with Gasteiger partial charge in [0.15, 0.2) is 11.5 Å². The topological polar surface area (TPSA) is 77.1 Å². The minimum Gasteiger partial charge on any atom is -0.491 e. The Morgan fingerprint density at radius 1 is 0.903 bits per heavy atom. The Balaban J connectivity index is 1.98. The van der Waals surface area contributed by atoms with Crippen LogP contribution in [0.5, 0.6) is 17.2 Å². The van der Waals surface area contributed by atoms with E-state index in [4.69, 9.17) is 14.2 Å². The van der Waals surface area contributed by atoms with E-state index >= 15 is 0 Å². The second-order valence-corrected chi connectivity index (χ2v) is 7.26. The quantitative estimate of drug-likeness (QED) is 0.611. The summed E-state index contributed by atoms with van der Waals surface area (Å²) in [5.41, 5.74) is 1.79. The third-order valence-corrected chi connectivity index (χ3v) is 4.61. The number of carbonyl (C=O) groups excluding carboxylic acids is 2. The molecule has 0 atom stereocenters. The molecule has 0 unspecified atom stereocenters. The zero-order chi connectivity index (χ0) is 22.5. The smallest absolute Gasteiger partial charge is 0.277 e. The molecule has 2 amide bonds. The van der Waals surface area contributed by atoms with E-state index in [0.717, 1.165) is 4.90 Å². The van der Waals surface area contributed by atoms with Gasteiger partial charge in [-0.1, -0.05) is 12.1 Å². The Morgan fingerprint density at radius 2 is 1.55 bits per heavy atom. The number of imide groups is 1. The largest absolute Gasteiger partial charge is 0.491 e. The van der Waals surface area contributed by atoms with E-state index in [1.165, 1.54) is 7.05 Å². The Bertz CT molecular complexity index is 996. The standard InChI is InChI=1S/C24H28N2O5/c1-6-29-19-13-10-17(14-20(19)30-7-2)25-22-21(23(27)26(5)24(22)28)16-8-11-18(12-9-16)31-15(3)4/h8-15,25H,6-7H2,1-5H3. The number of carbonyl (C=O) groups is 2. The van der Waals surface area contributed by atoms with Gasteiger partial charge in [0.2, 0.25) is 0 Å². The molecule has 0 saturated carbocycles. The molecule has 31 heavy (non-hydrogen) atoms. The molecule has 0 bridgehead atoms. The van der Waals surface area contributed by atoms with Crippen molar-refractivity contribution in [2.45, 2.75) is 33.8 Å². The fourth-order valence-corrected chi connectivity index (χ4v) is 3.27. The molecule has 0 aliphatic carbocycles. The van der Waals surface area contributed by atoms with Crippen LogP contribution in [-0.2, 0) is 9.59 Å². The number of nitrogens with one attached hydrogen (secondary N) is 1. The van der Waals surface area contributed by atoms with Crippen molar-refractivity contribution in [2.24, 2.45) is 0 Å². The first kappa shape index (κ1) is 22.2. The summed E-state index contributed by atoms with van der Waals surface area (Å²) in [7, 11) is 1.47. The van der Waals surface area contributed by atoms with Gasteiger partial charge in [0, 0.05) is 18.8 Å². The minimum atomic E-state index is -0.394.